The van der Waals surface area contributed by atoms with Crippen molar-refractivity contribution in [1.82, 2.24) is 15.3 Å². The Labute approximate surface area is 126 Å². The van der Waals surface area contributed by atoms with Gasteiger partial charge in [-0.2, -0.15) is 0 Å². The van der Waals surface area contributed by atoms with Gasteiger partial charge in [0.25, 0.3) is 0 Å². The quantitative estimate of drug-likeness (QED) is 0.928. The van der Waals surface area contributed by atoms with Crippen molar-refractivity contribution in [1.29, 1.82) is 0 Å². The van der Waals surface area contributed by atoms with Gasteiger partial charge in [-0.1, -0.05) is 38.1 Å². The van der Waals surface area contributed by atoms with Crippen LogP contribution in [0.5, 0.6) is 0 Å². The zero-order valence-electron chi connectivity index (χ0n) is 12.9. The standard InChI is InChI=1S/C18H23N3/c1-3-13-8-10-14(11-9-13)18-20-12-15-16(19-4-2)6-5-7-17(15)21-18/h8-12,16,19H,3-7H2,1-2H3. The highest BCUT2D eigenvalue weighted by molar-refractivity contribution is 5.55. The Morgan fingerprint density at radius 3 is 2.71 bits per heavy atom. The van der Waals surface area contributed by atoms with E-state index in [2.05, 4.69) is 48.4 Å². The zero-order chi connectivity index (χ0) is 14.7. The van der Waals surface area contributed by atoms with E-state index in [0.29, 0.717) is 6.04 Å². The first kappa shape index (κ1) is 14.2. The molecule has 110 valence electrons. The molecule has 3 heteroatoms. The van der Waals surface area contributed by atoms with Gasteiger partial charge in [0.1, 0.15) is 0 Å². The van der Waals surface area contributed by atoms with E-state index >= 15 is 0 Å². The van der Waals surface area contributed by atoms with E-state index < -0.39 is 0 Å². The average molecular weight is 281 g/mol. The number of rotatable bonds is 4. The number of hydrogen-bond acceptors (Lipinski definition) is 3. The Bertz CT molecular complexity index is 604. The maximum Gasteiger partial charge on any atom is 0.159 e. The fourth-order valence-electron chi connectivity index (χ4n) is 3.03. The molecule has 1 aliphatic rings. The number of aromatic nitrogens is 2. The van der Waals surface area contributed by atoms with Crippen LogP contribution in [0.4, 0.5) is 0 Å². The van der Waals surface area contributed by atoms with E-state index in [9.17, 15) is 0 Å². The highest BCUT2D eigenvalue weighted by Crippen LogP contribution is 2.29. The van der Waals surface area contributed by atoms with Gasteiger partial charge >= 0.3 is 0 Å². The van der Waals surface area contributed by atoms with Gasteiger partial charge in [0.2, 0.25) is 0 Å². The number of nitrogens with one attached hydrogen (secondary N) is 1. The van der Waals surface area contributed by atoms with Gasteiger partial charge in [-0.15, -0.1) is 0 Å². The van der Waals surface area contributed by atoms with Gasteiger partial charge in [-0.3, -0.25) is 0 Å². The summed E-state index contributed by atoms with van der Waals surface area (Å²) < 4.78 is 0. The minimum atomic E-state index is 0.426. The summed E-state index contributed by atoms with van der Waals surface area (Å²) in [7, 11) is 0. The second-order valence-corrected chi connectivity index (χ2v) is 5.65. The zero-order valence-corrected chi connectivity index (χ0v) is 12.9. The van der Waals surface area contributed by atoms with Crippen molar-refractivity contribution in [2.75, 3.05) is 6.54 Å². The Balaban J connectivity index is 1.91. The normalized spacial score (nSPS) is 17.5. The number of benzene rings is 1. The number of aryl methyl sites for hydroxylation is 2. The van der Waals surface area contributed by atoms with Crippen LogP contribution in [0.2, 0.25) is 0 Å². The molecule has 21 heavy (non-hydrogen) atoms. The second-order valence-electron chi connectivity index (χ2n) is 5.65. The molecule has 0 bridgehead atoms. The SMILES string of the molecule is CCNC1CCCc2nc(-c3ccc(CC)cc3)ncc21. The van der Waals surface area contributed by atoms with Crippen LogP contribution < -0.4 is 5.32 Å². The van der Waals surface area contributed by atoms with E-state index in [1.165, 1.54) is 29.7 Å². The van der Waals surface area contributed by atoms with E-state index in [1.807, 2.05) is 6.20 Å². The van der Waals surface area contributed by atoms with Gasteiger partial charge in [-0.25, -0.2) is 9.97 Å². The first-order chi connectivity index (χ1) is 10.3. The molecule has 1 atom stereocenters. The van der Waals surface area contributed by atoms with Crippen molar-refractivity contribution >= 4 is 0 Å². The first-order valence-corrected chi connectivity index (χ1v) is 8.00. The molecule has 1 aromatic heterocycles. The third kappa shape index (κ3) is 2.98. The monoisotopic (exact) mass is 281 g/mol. The molecule has 1 aliphatic carbocycles. The second kappa shape index (κ2) is 6.35. The fourth-order valence-corrected chi connectivity index (χ4v) is 3.03. The molecule has 1 aromatic carbocycles. The summed E-state index contributed by atoms with van der Waals surface area (Å²) in [6.07, 6.45) is 6.55. The van der Waals surface area contributed by atoms with Gasteiger partial charge in [-0.05, 0) is 37.8 Å². The van der Waals surface area contributed by atoms with Crippen LogP contribution in [-0.4, -0.2) is 16.5 Å². The fraction of sp³-hybridized carbons (Fsp3) is 0.444. The summed E-state index contributed by atoms with van der Waals surface area (Å²) in [5.41, 5.74) is 4.97. The lowest BCUT2D eigenvalue weighted by atomic mass is 9.92. The van der Waals surface area contributed by atoms with Gasteiger partial charge in [0.05, 0.1) is 0 Å². The first-order valence-electron chi connectivity index (χ1n) is 8.00. The molecular weight excluding hydrogens is 258 g/mol. The average Bonchev–Trinajstić information content (AvgIpc) is 2.55. The van der Waals surface area contributed by atoms with E-state index in [4.69, 9.17) is 4.98 Å². The van der Waals surface area contributed by atoms with Gasteiger partial charge < -0.3 is 5.32 Å². The predicted octanol–water partition coefficient (Wildman–Crippen LogP) is 3.69. The minimum absolute atomic E-state index is 0.426. The maximum absolute atomic E-state index is 4.82. The molecule has 0 saturated carbocycles. The van der Waals surface area contributed by atoms with Crippen LogP contribution >= 0.6 is 0 Å². The lowest BCUT2D eigenvalue weighted by molar-refractivity contribution is 0.464. The summed E-state index contributed by atoms with van der Waals surface area (Å²) in [6, 6.07) is 9.02. The molecule has 1 unspecified atom stereocenters. The molecule has 2 aromatic rings. The third-order valence-electron chi connectivity index (χ3n) is 4.25. The van der Waals surface area contributed by atoms with Gasteiger partial charge in [0.15, 0.2) is 5.82 Å². The van der Waals surface area contributed by atoms with Crippen LogP contribution in [0.15, 0.2) is 30.5 Å². The molecule has 0 aliphatic heterocycles. The molecule has 1 heterocycles. The van der Waals surface area contributed by atoms with E-state index in [0.717, 1.165) is 30.8 Å². The highest BCUT2D eigenvalue weighted by atomic mass is 14.9. The summed E-state index contributed by atoms with van der Waals surface area (Å²) >= 11 is 0. The van der Waals surface area contributed by atoms with Crippen molar-refractivity contribution in [3.8, 4) is 11.4 Å². The predicted molar refractivity (Wildman–Crippen MR) is 86.2 cm³/mol. The van der Waals surface area contributed by atoms with Gasteiger partial charge in [0, 0.05) is 29.1 Å². The van der Waals surface area contributed by atoms with Crippen LogP contribution in [0, 0.1) is 0 Å². The Morgan fingerprint density at radius 1 is 1.19 bits per heavy atom. The molecule has 1 N–H and O–H groups in total. The largest absolute Gasteiger partial charge is 0.310 e. The smallest absolute Gasteiger partial charge is 0.159 e. The summed E-state index contributed by atoms with van der Waals surface area (Å²) in [5.74, 6) is 0.855. The van der Waals surface area contributed by atoms with Crippen molar-refractivity contribution in [3.05, 3.63) is 47.3 Å². The molecule has 0 radical (unpaired) electrons. The topological polar surface area (TPSA) is 37.8 Å². The van der Waals surface area contributed by atoms with Crippen molar-refractivity contribution in [2.45, 2.75) is 45.6 Å². The summed E-state index contributed by atoms with van der Waals surface area (Å²) in [5, 5.41) is 3.53. The molecule has 0 amide bonds. The summed E-state index contributed by atoms with van der Waals surface area (Å²) in [4.78, 5) is 9.42. The highest BCUT2D eigenvalue weighted by Gasteiger charge is 2.21. The number of fused-ring (bicyclic) bond motifs is 1. The van der Waals surface area contributed by atoms with Crippen LogP contribution in [0.1, 0.15) is 49.6 Å². The van der Waals surface area contributed by atoms with Crippen molar-refractivity contribution in [2.24, 2.45) is 0 Å². The molecule has 0 saturated heterocycles. The van der Waals surface area contributed by atoms with E-state index in [1.54, 1.807) is 0 Å². The van der Waals surface area contributed by atoms with Crippen LogP contribution in [0.25, 0.3) is 11.4 Å². The molecule has 0 spiro atoms. The van der Waals surface area contributed by atoms with Crippen molar-refractivity contribution in [3.63, 3.8) is 0 Å². The van der Waals surface area contributed by atoms with Crippen LogP contribution in [0.3, 0.4) is 0 Å². The maximum atomic E-state index is 4.82. The van der Waals surface area contributed by atoms with Crippen LogP contribution in [-0.2, 0) is 12.8 Å². The lowest BCUT2D eigenvalue weighted by Gasteiger charge is -2.25. The van der Waals surface area contributed by atoms with Crippen molar-refractivity contribution < 1.29 is 0 Å². The Kier molecular flexibility index (Phi) is 4.30. The Hall–Kier alpha value is -1.74. The molecule has 0 fully saturated rings. The third-order valence-corrected chi connectivity index (χ3v) is 4.25. The Morgan fingerprint density at radius 2 is 2.00 bits per heavy atom. The van der Waals surface area contributed by atoms with E-state index in [-0.39, 0.29) is 0 Å². The summed E-state index contributed by atoms with van der Waals surface area (Å²) in [6.45, 7) is 5.31. The lowest BCUT2D eigenvalue weighted by Crippen LogP contribution is -2.25. The molecule has 3 rings (SSSR count). The number of nitrogens with zero attached hydrogens (tertiary/aromatic N) is 2. The molecular formula is C18H23N3. The molecule has 3 nitrogen and oxygen atoms in total. The minimum Gasteiger partial charge on any atom is -0.310 e. The number of hydrogen-bond donors (Lipinski definition) is 1.